The monoisotopic (exact) mass is 439 g/mol. The topological polar surface area (TPSA) is 78.5 Å². The Kier molecular flexibility index (Phi) is 7.48. The van der Waals surface area contributed by atoms with Gasteiger partial charge in [-0.3, -0.25) is 14.4 Å². The average Bonchev–Trinajstić information content (AvgIpc) is 3.50. The van der Waals surface area contributed by atoms with Gasteiger partial charge in [0.1, 0.15) is 12.1 Å². The number of benzene rings is 1. The van der Waals surface area contributed by atoms with Crippen molar-refractivity contribution in [3.05, 3.63) is 35.4 Å². The van der Waals surface area contributed by atoms with Crippen molar-refractivity contribution < 1.29 is 14.4 Å². The summed E-state index contributed by atoms with van der Waals surface area (Å²) in [6.07, 6.45) is 11.1. The molecule has 0 bridgehead atoms. The van der Waals surface area contributed by atoms with Crippen LogP contribution in [0.1, 0.15) is 86.6 Å². The van der Waals surface area contributed by atoms with Gasteiger partial charge in [-0.1, -0.05) is 50.3 Å². The number of carbonyl (C=O) groups excluding carboxylic acids is 3. The lowest BCUT2D eigenvalue weighted by Crippen LogP contribution is -2.56. The number of likely N-dealkylation sites (tertiary alicyclic amines) is 1. The average molecular weight is 440 g/mol. The van der Waals surface area contributed by atoms with Gasteiger partial charge in [-0.2, -0.15) is 0 Å². The van der Waals surface area contributed by atoms with Gasteiger partial charge >= 0.3 is 0 Å². The molecule has 3 fully saturated rings. The summed E-state index contributed by atoms with van der Waals surface area (Å²) in [5, 5.41) is 6.27. The van der Waals surface area contributed by atoms with Crippen LogP contribution in [0.2, 0.25) is 0 Å². The molecule has 174 valence electrons. The highest BCUT2D eigenvalue weighted by Crippen LogP contribution is 2.30. The summed E-state index contributed by atoms with van der Waals surface area (Å²) >= 11 is 0. The van der Waals surface area contributed by atoms with Crippen LogP contribution in [-0.2, 0) is 9.59 Å². The minimum absolute atomic E-state index is 0.0182. The molecule has 3 aliphatic rings. The smallest absolute Gasteiger partial charge is 0.252 e. The van der Waals surface area contributed by atoms with Crippen LogP contribution >= 0.6 is 0 Å². The normalized spacial score (nSPS) is 23.2. The van der Waals surface area contributed by atoms with E-state index in [1.54, 1.807) is 11.0 Å². The van der Waals surface area contributed by atoms with Gasteiger partial charge in [-0.05, 0) is 63.0 Å². The van der Waals surface area contributed by atoms with Gasteiger partial charge in [0.15, 0.2) is 0 Å². The maximum Gasteiger partial charge on any atom is 0.252 e. The Hall–Kier alpha value is -2.37. The SMILES string of the molecule is Cc1ccccc1C(=O)N[C@H](C(=O)N1CCC[C@H]1C(=O)NC1CCCC1)C1CCCCC1. The van der Waals surface area contributed by atoms with Crippen LogP contribution in [0.15, 0.2) is 24.3 Å². The van der Waals surface area contributed by atoms with Gasteiger partial charge in [-0.15, -0.1) is 0 Å². The van der Waals surface area contributed by atoms with E-state index in [2.05, 4.69) is 10.6 Å². The molecule has 32 heavy (non-hydrogen) atoms. The van der Waals surface area contributed by atoms with E-state index in [9.17, 15) is 14.4 Å². The Morgan fingerprint density at radius 1 is 0.906 bits per heavy atom. The lowest BCUT2D eigenvalue weighted by atomic mass is 9.83. The second-order valence-electron chi connectivity index (χ2n) is 9.84. The molecule has 1 aliphatic heterocycles. The zero-order valence-corrected chi connectivity index (χ0v) is 19.3. The molecule has 2 atom stereocenters. The molecule has 0 radical (unpaired) electrons. The fourth-order valence-corrected chi connectivity index (χ4v) is 5.74. The summed E-state index contributed by atoms with van der Waals surface area (Å²) in [6.45, 7) is 2.50. The lowest BCUT2D eigenvalue weighted by Gasteiger charge is -2.35. The first-order valence-corrected chi connectivity index (χ1v) is 12.5. The molecule has 0 unspecified atom stereocenters. The van der Waals surface area contributed by atoms with Crippen molar-refractivity contribution in [1.29, 1.82) is 0 Å². The largest absolute Gasteiger partial charge is 0.352 e. The van der Waals surface area contributed by atoms with Crippen molar-refractivity contribution in [2.24, 2.45) is 5.92 Å². The van der Waals surface area contributed by atoms with Crippen LogP contribution in [0.5, 0.6) is 0 Å². The third kappa shape index (κ3) is 5.16. The van der Waals surface area contributed by atoms with Gasteiger partial charge in [-0.25, -0.2) is 0 Å². The Morgan fingerprint density at radius 3 is 2.31 bits per heavy atom. The van der Waals surface area contributed by atoms with Crippen molar-refractivity contribution in [2.45, 2.75) is 95.7 Å². The molecule has 2 aliphatic carbocycles. The third-order valence-corrected chi connectivity index (χ3v) is 7.60. The predicted molar refractivity (Wildman–Crippen MR) is 124 cm³/mol. The first-order valence-electron chi connectivity index (χ1n) is 12.5. The number of hydrogen-bond donors (Lipinski definition) is 2. The molecular formula is C26H37N3O3. The summed E-state index contributed by atoms with van der Waals surface area (Å²) in [5.41, 5.74) is 1.51. The van der Waals surface area contributed by atoms with Gasteiger partial charge in [0, 0.05) is 18.2 Å². The fourth-order valence-electron chi connectivity index (χ4n) is 5.74. The van der Waals surface area contributed by atoms with Gasteiger partial charge in [0.05, 0.1) is 0 Å². The van der Waals surface area contributed by atoms with E-state index in [1.165, 1.54) is 6.42 Å². The van der Waals surface area contributed by atoms with E-state index in [4.69, 9.17) is 0 Å². The molecule has 2 N–H and O–H groups in total. The number of carbonyl (C=O) groups is 3. The zero-order valence-electron chi connectivity index (χ0n) is 19.3. The van der Waals surface area contributed by atoms with Crippen molar-refractivity contribution in [3.8, 4) is 0 Å². The molecule has 1 aromatic carbocycles. The third-order valence-electron chi connectivity index (χ3n) is 7.60. The molecule has 2 saturated carbocycles. The van der Waals surface area contributed by atoms with Crippen molar-refractivity contribution in [2.75, 3.05) is 6.54 Å². The highest BCUT2D eigenvalue weighted by molar-refractivity contribution is 5.99. The number of nitrogens with one attached hydrogen (secondary N) is 2. The lowest BCUT2D eigenvalue weighted by molar-refractivity contribution is -0.141. The van der Waals surface area contributed by atoms with Crippen LogP contribution in [0, 0.1) is 12.8 Å². The van der Waals surface area contributed by atoms with Crippen molar-refractivity contribution in [1.82, 2.24) is 15.5 Å². The molecule has 1 aromatic rings. The van der Waals surface area contributed by atoms with E-state index in [0.29, 0.717) is 18.5 Å². The summed E-state index contributed by atoms with van der Waals surface area (Å²) in [6, 6.07) is 6.75. The van der Waals surface area contributed by atoms with Crippen LogP contribution < -0.4 is 10.6 Å². The van der Waals surface area contributed by atoms with Crippen LogP contribution in [-0.4, -0.2) is 47.3 Å². The Balaban J connectivity index is 1.50. The number of amides is 3. The number of aryl methyl sites for hydroxylation is 1. The first-order chi connectivity index (χ1) is 15.5. The Bertz CT molecular complexity index is 827. The summed E-state index contributed by atoms with van der Waals surface area (Å²) in [7, 11) is 0. The maximum atomic E-state index is 13.8. The van der Waals surface area contributed by atoms with Gasteiger partial charge in [0.2, 0.25) is 11.8 Å². The first kappa shape index (κ1) is 22.8. The quantitative estimate of drug-likeness (QED) is 0.709. The van der Waals surface area contributed by atoms with Crippen LogP contribution in [0.4, 0.5) is 0 Å². The van der Waals surface area contributed by atoms with Gasteiger partial charge < -0.3 is 15.5 Å². The van der Waals surface area contributed by atoms with E-state index in [-0.39, 0.29) is 29.7 Å². The summed E-state index contributed by atoms with van der Waals surface area (Å²) in [4.78, 5) is 41.7. The molecule has 0 aromatic heterocycles. The highest BCUT2D eigenvalue weighted by atomic mass is 16.2. The molecule has 4 rings (SSSR count). The van der Waals surface area contributed by atoms with E-state index < -0.39 is 12.1 Å². The maximum absolute atomic E-state index is 13.8. The molecule has 1 heterocycles. The second kappa shape index (κ2) is 10.5. The fraction of sp³-hybridized carbons (Fsp3) is 0.654. The molecule has 0 spiro atoms. The van der Waals surface area contributed by atoms with Gasteiger partial charge in [0.25, 0.3) is 5.91 Å². The number of hydrogen-bond acceptors (Lipinski definition) is 3. The molecule has 1 saturated heterocycles. The van der Waals surface area contributed by atoms with Crippen molar-refractivity contribution in [3.63, 3.8) is 0 Å². The molecule has 6 nitrogen and oxygen atoms in total. The summed E-state index contributed by atoms with van der Waals surface area (Å²) in [5.74, 6) is -0.167. The highest BCUT2D eigenvalue weighted by Gasteiger charge is 2.41. The van der Waals surface area contributed by atoms with E-state index in [1.807, 2.05) is 25.1 Å². The Labute approximate surface area is 191 Å². The minimum atomic E-state index is -0.567. The standard InChI is InChI=1S/C26H37N3O3/c1-18-10-5-8-15-21(18)24(30)28-23(19-11-3-2-4-12-19)26(32)29-17-9-16-22(29)25(31)27-20-13-6-7-14-20/h5,8,10,15,19-20,22-23H,2-4,6-7,9,11-14,16-17H2,1H3,(H,27,31)(H,28,30)/t22-,23-/m0/s1. The van der Waals surface area contributed by atoms with E-state index >= 15 is 0 Å². The van der Waals surface area contributed by atoms with Crippen LogP contribution in [0.3, 0.4) is 0 Å². The van der Waals surface area contributed by atoms with Crippen molar-refractivity contribution >= 4 is 17.7 Å². The second-order valence-corrected chi connectivity index (χ2v) is 9.84. The number of rotatable bonds is 6. The van der Waals surface area contributed by atoms with Crippen LogP contribution in [0.25, 0.3) is 0 Å². The molecule has 6 heteroatoms. The minimum Gasteiger partial charge on any atom is -0.352 e. The Morgan fingerprint density at radius 2 is 1.59 bits per heavy atom. The molecule has 3 amide bonds. The summed E-state index contributed by atoms with van der Waals surface area (Å²) < 4.78 is 0. The zero-order chi connectivity index (χ0) is 22.5. The van der Waals surface area contributed by atoms with E-state index in [0.717, 1.165) is 63.4 Å². The number of nitrogens with zero attached hydrogens (tertiary/aromatic N) is 1. The predicted octanol–water partition coefficient (Wildman–Crippen LogP) is 3.72. The molecular weight excluding hydrogens is 402 g/mol.